The second kappa shape index (κ2) is 9.16. The number of anilines is 1. The molecular formula is C22H20F4N4O2S2. The highest BCUT2D eigenvalue weighted by Gasteiger charge is 2.38. The minimum atomic E-state index is -4.83. The highest BCUT2D eigenvalue weighted by atomic mass is 32.2. The zero-order valence-electron chi connectivity index (χ0n) is 17.9. The molecule has 2 heterocycles. The lowest BCUT2D eigenvalue weighted by molar-refractivity contribution is -0.144. The number of rotatable bonds is 4. The number of nitrogens with zero attached hydrogens (tertiary/aromatic N) is 4. The molecule has 0 amide bonds. The summed E-state index contributed by atoms with van der Waals surface area (Å²) in [6.07, 6.45) is -3.74. The van der Waals surface area contributed by atoms with Crippen LogP contribution in [0.5, 0.6) is 0 Å². The summed E-state index contributed by atoms with van der Waals surface area (Å²) in [5.41, 5.74) is 1.12. The number of aromatic nitrogens is 2. The summed E-state index contributed by atoms with van der Waals surface area (Å²) in [5, 5.41) is 0. The van der Waals surface area contributed by atoms with Gasteiger partial charge in [-0.05, 0) is 42.0 Å². The van der Waals surface area contributed by atoms with Gasteiger partial charge in [0.2, 0.25) is 15.8 Å². The summed E-state index contributed by atoms with van der Waals surface area (Å²) in [4.78, 5) is 9.93. The van der Waals surface area contributed by atoms with Crippen LogP contribution in [-0.2, 0) is 16.2 Å². The van der Waals surface area contributed by atoms with Gasteiger partial charge in [-0.15, -0.1) is 12.6 Å². The molecule has 0 radical (unpaired) electrons. The average Bonchev–Trinajstić information content (AvgIpc) is 2.77. The summed E-state index contributed by atoms with van der Waals surface area (Å²) in [6, 6.07) is 11.8. The number of sulfonamides is 1. The topological polar surface area (TPSA) is 66.4 Å². The standard InChI is InChI=1S/C22H20F4N4O2S2/c1-34(31,32)30-11-9-29(10-12-30)20-18(15-3-2-4-17(33)13-15)19(14-5-7-16(23)8-6-14)27-21(28-20)22(24,25)26/h2-8,13,33H,9-12H2,1H3. The van der Waals surface area contributed by atoms with Crippen LogP contribution in [0.2, 0.25) is 0 Å². The molecule has 0 aliphatic carbocycles. The second-order valence-electron chi connectivity index (χ2n) is 7.80. The number of piperazine rings is 1. The lowest BCUT2D eigenvalue weighted by Gasteiger charge is -2.35. The normalized spacial score (nSPS) is 15.5. The van der Waals surface area contributed by atoms with Crippen molar-refractivity contribution in [1.29, 1.82) is 0 Å². The number of thiol groups is 1. The Bertz CT molecular complexity index is 1310. The van der Waals surface area contributed by atoms with E-state index >= 15 is 0 Å². The Morgan fingerprint density at radius 2 is 1.59 bits per heavy atom. The van der Waals surface area contributed by atoms with Crippen LogP contribution in [0.15, 0.2) is 53.4 Å². The number of benzene rings is 2. The van der Waals surface area contributed by atoms with Crippen molar-refractivity contribution in [3.63, 3.8) is 0 Å². The lowest BCUT2D eigenvalue weighted by atomic mass is 9.98. The van der Waals surface area contributed by atoms with E-state index in [9.17, 15) is 26.0 Å². The molecule has 2 aromatic carbocycles. The van der Waals surface area contributed by atoms with E-state index in [1.165, 1.54) is 16.4 Å². The van der Waals surface area contributed by atoms with Gasteiger partial charge in [0.1, 0.15) is 11.6 Å². The molecule has 0 saturated carbocycles. The largest absolute Gasteiger partial charge is 0.451 e. The molecule has 3 aromatic rings. The van der Waals surface area contributed by atoms with Gasteiger partial charge in [-0.25, -0.2) is 22.8 Å². The molecule has 0 atom stereocenters. The predicted molar refractivity (Wildman–Crippen MR) is 124 cm³/mol. The molecular weight excluding hydrogens is 492 g/mol. The maximum Gasteiger partial charge on any atom is 0.451 e. The van der Waals surface area contributed by atoms with E-state index in [2.05, 4.69) is 22.6 Å². The molecule has 180 valence electrons. The Labute approximate surface area is 199 Å². The molecule has 1 saturated heterocycles. The van der Waals surface area contributed by atoms with Crippen molar-refractivity contribution in [3.05, 3.63) is 60.2 Å². The lowest BCUT2D eigenvalue weighted by Crippen LogP contribution is -2.48. The summed E-state index contributed by atoms with van der Waals surface area (Å²) < 4.78 is 80.1. The molecule has 0 unspecified atom stereocenters. The van der Waals surface area contributed by atoms with Crippen LogP contribution in [0.1, 0.15) is 5.82 Å². The van der Waals surface area contributed by atoms with Gasteiger partial charge in [0, 0.05) is 36.6 Å². The molecule has 4 rings (SSSR count). The van der Waals surface area contributed by atoms with E-state index in [1.54, 1.807) is 29.2 Å². The molecule has 0 spiro atoms. The van der Waals surface area contributed by atoms with Crippen LogP contribution in [-0.4, -0.2) is 55.1 Å². The SMILES string of the molecule is CS(=O)(=O)N1CCN(c2nc(C(F)(F)F)nc(-c3ccc(F)cc3)c2-c2cccc(S)c2)CC1. The van der Waals surface area contributed by atoms with Crippen molar-refractivity contribution in [2.45, 2.75) is 11.1 Å². The van der Waals surface area contributed by atoms with E-state index in [-0.39, 0.29) is 43.3 Å². The first-order valence-electron chi connectivity index (χ1n) is 10.2. The average molecular weight is 513 g/mol. The summed E-state index contributed by atoms with van der Waals surface area (Å²) in [6.45, 7) is 0.472. The highest BCUT2D eigenvalue weighted by Crippen LogP contribution is 2.41. The number of halogens is 4. The molecule has 1 aromatic heterocycles. The van der Waals surface area contributed by atoms with Gasteiger partial charge < -0.3 is 4.90 Å². The Hall–Kier alpha value is -2.70. The van der Waals surface area contributed by atoms with Gasteiger partial charge in [0.05, 0.1) is 17.5 Å². The Morgan fingerprint density at radius 1 is 0.941 bits per heavy atom. The molecule has 12 heteroatoms. The van der Waals surface area contributed by atoms with Crippen molar-refractivity contribution in [2.24, 2.45) is 0 Å². The molecule has 1 aliphatic rings. The quantitative estimate of drug-likeness (QED) is 0.416. The maximum atomic E-state index is 13.8. The first-order valence-corrected chi connectivity index (χ1v) is 12.5. The number of hydrogen-bond donors (Lipinski definition) is 1. The summed E-state index contributed by atoms with van der Waals surface area (Å²) >= 11 is 4.35. The third-order valence-corrected chi connectivity index (χ3v) is 6.98. The van der Waals surface area contributed by atoms with E-state index in [0.29, 0.717) is 16.0 Å². The Balaban J connectivity index is 1.95. The van der Waals surface area contributed by atoms with Crippen molar-refractivity contribution >= 4 is 28.5 Å². The minimum absolute atomic E-state index is 0.0122. The first kappa shape index (κ1) is 24.4. The van der Waals surface area contributed by atoms with E-state index in [1.807, 2.05) is 0 Å². The van der Waals surface area contributed by atoms with Gasteiger partial charge in [-0.2, -0.15) is 17.5 Å². The van der Waals surface area contributed by atoms with Crippen LogP contribution in [0.25, 0.3) is 22.4 Å². The monoisotopic (exact) mass is 512 g/mol. The summed E-state index contributed by atoms with van der Waals surface area (Å²) in [7, 11) is -3.44. The maximum absolute atomic E-state index is 13.8. The Kier molecular flexibility index (Phi) is 6.58. The minimum Gasteiger partial charge on any atom is -0.353 e. The zero-order valence-corrected chi connectivity index (χ0v) is 19.6. The second-order valence-corrected chi connectivity index (χ2v) is 10.3. The smallest absolute Gasteiger partial charge is 0.353 e. The third kappa shape index (κ3) is 5.18. The van der Waals surface area contributed by atoms with Crippen LogP contribution in [0.3, 0.4) is 0 Å². The van der Waals surface area contributed by atoms with Crippen molar-refractivity contribution in [2.75, 3.05) is 37.3 Å². The fourth-order valence-electron chi connectivity index (χ4n) is 3.78. The van der Waals surface area contributed by atoms with Crippen LogP contribution in [0.4, 0.5) is 23.4 Å². The van der Waals surface area contributed by atoms with Crippen LogP contribution in [0, 0.1) is 5.82 Å². The fourth-order valence-corrected chi connectivity index (χ4v) is 4.83. The van der Waals surface area contributed by atoms with Crippen LogP contribution >= 0.6 is 12.6 Å². The highest BCUT2D eigenvalue weighted by molar-refractivity contribution is 7.88. The molecule has 34 heavy (non-hydrogen) atoms. The molecule has 0 bridgehead atoms. The van der Waals surface area contributed by atoms with Crippen molar-refractivity contribution in [1.82, 2.24) is 14.3 Å². The van der Waals surface area contributed by atoms with Gasteiger partial charge in [0.15, 0.2) is 0 Å². The molecule has 1 aliphatic heterocycles. The number of hydrogen-bond acceptors (Lipinski definition) is 6. The van der Waals surface area contributed by atoms with E-state index < -0.39 is 27.8 Å². The number of alkyl halides is 3. The van der Waals surface area contributed by atoms with Gasteiger partial charge in [0.25, 0.3) is 0 Å². The van der Waals surface area contributed by atoms with Gasteiger partial charge >= 0.3 is 6.18 Å². The van der Waals surface area contributed by atoms with E-state index in [0.717, 1.165) is 18.4 Å². The molecule has 6 nitrogen and oxygen atoms in total. The Morgan fingerprint density at radius 3 is 2.15 bits per heavy atom. The van der Waals surface area contributed by atoms with E-state index in [4.69, 9.17) is 0 Å². The third-order valence-electron chi connectivity index (χ3n) is 5.40. The van der Waals surface area contributed by atoms with Gasteiger partial charge in [-0.3, -0.25) is 0 Å². The molecule has 1 fully saturated rings. The first-order chi connectivity index (χ1) is 15.9. The van der Waals surface area contributed by atoms with Crippen molar-refractivity contribution < 1.29 is 26.0 Å². The predicted octanol–water partition coefficient (Wildman–Crippen LogP) is 4.34. The van der Waals surface area contributed by atoms with Crippen molar-refractivity contribution in [3.8, 4) is 22.4 Å². The zero-order chi connectivity index (χ0) is 24.7. The summed E-state index contributed by atoms with van der Waals surface area (Å²) in [5.74, 6) is -1.85. The van der Waals surface area contributed by atoms with Gasteiger partial charge in [-0.1, -0.05) is 12.1 Å². The van der Waals surface area contributed by atoms with Crippen LogP contribution < -0.4 is 4.90 Å². The molecule has 0 N–H and O–H groups in total. The fraction of sp³-hybridized carbons (Fsp3) is 0.273.